The Morgan fingerprint density at radius 2 is 2.38 bits per heavy atom. The fourth-order valence-electron chi connectivity index (χ4n) is 0.348. The third-order valence-electron chi connectivity index (χ3n) is 0.727. The number of allylic oxidation sites excluding steroid dienone is 1. The van der Waals surface area contributed by atoms with E-state index in [1.807, 2.05) is 13.0 Å². The standard InChI is InChI=1S/C7H11I/c1-3-4-5-6-7(2)8/h3,5,7H,6H2,1-2H3. The first kappa shape index (κ1) is 8.25. The molecule has 0 rings (SSSR count). The van der Waals surface area contributed by atoms with Crippen LogP contribution < -0.4 is 0 Å². The Labute approximate surface area is 64.8 Å². The van der Waals surface area contributed by atoms with Crippen molar-refractivity contribution in [3.8, 4) is 0 Å². The topological polar surface area (TPSA) is 0 Å². The van der Waals surface area contributed by atoms with Crippen LogP contribution in [0.4, 0.5) is 0 Å². The van der Waals surface area contributed by atoms with Crippen molar-refractivity contribution in [2.75, 3.05) is 0 Å². The van der Waals surface area contributed by atoms with Crippen molar-refractivity contribution >= 4 is 22.6 Å². The quantitative estimate of drug-likeness (QED) is 0.382. The molecule has 0 nitrogen and oxygen atoms in total. The second-order valence-corrected chi connectivity index (χ2v) is 3.80. The van der Waals surface area contributed by atoms with E-state index in [2.05, 4.69) is 41.3 Å². The molecule has 1 atom stereocenters. The molecule has 0 aromatic heterocycles. The van der Waals surface area contributed by atoms with E-state index in [1.165, 1.54) is 0 Å². The largest absolute Gasteiger partial charge is 0.130 e. The molecule has 0 radical (unpaired) electrons. The highest BCUT2D eigenvalue weighted by atomic mass is 127. The molecular formula is C7H11I. The summed E-state index contributed by atoms with van der Waals surface area (Å²) in [5.74, 6) is 0. The number of rotatable bonds is 2. The van der Waals surface area contributed by atoms with Crippen molar-refractivity contribution in [1.82, 2.24) is 0 Å². The van der Waals surface area contributed by atoms with Crippen molar-refractivity contribution in [1.29, 1.82) is 0 Å². The van der Waals surface area contributed by atoms with E-state index in [4.69, 9.17) is 0 Å². The molecule has 0 aromatic rings. The van der Waals surface area contributed by atoms with E-state index in [9.17, 15) is 0 Å². The Balaban J connectivity index is 3.30. The zero-order valence-corrected chi connectivity index (χ0v) is 7.47. The van der Waals surface area contributed by atoms with Gasteiger partial charge in [0.25, 0.3) is 0 Å². The summed E-state index contributed by atoms with van der Waals surface area (Å²) in [7, 11) is 0. The summed E-state index contributed by atoms with van der Waals surface area (Å²) in [6.07, 6.45) is 5.13. The van der Waals surface area contributed by atoms with Crippen LogP contribution in [0.2, 0.25) is 0 Å². The summed E-state index contributed by atoms with van der Waals surface area (Å²) in [6, 6.07) is 0. The lowest BCUT2D eigenvalue weighted by Gasteiger charge is -1.90. The normalized spacial score (nSPS) is 11.9. The lowest BCUT2D eigenvalue weighted by atomic mass is 10.3. The smallest absolute Gasteiger partial charge is 0.0122 e. The summed E-state index contributed by atoms with van der Waals surface area (Å²) in [5.41, 5.74) is 3.02. The first-order valence-corrected chi connectivity index (χ1v) is 4.01. The van der Waals surface area contributed by atoms with E-state index < -0.39 is 0 Å². The van der Waals surface area contributed by atoms with Crippen LogP contribution in [0, 0.1) is 0 Å². The molecule has 0 aliphatic heterocycles. The van der Waals surface area contributed by atoms with Gasteiger partial charge in [-0.05, 0) is 25.5 Å². The summed E-state index contributed by atoms with van der Waals surface area (Å²) in [4.78, 5) is 0. The molecule has 0 saturated carbocycles. The van der Waals surface area contributed by atoms with Gasteiger partial charge in [-0.2, -0.15) is 0 Å². The van der Waals surface area contributed by atoms with E-state index in [0.29, 0.717) is 0 Å². The average molecular weight is 222 g/mol. The maximum atomic E-state index is 3.02. The van der Waals surface area contributed by atoms with Crippen molar-refractivity contribution in [2.45, 2.75) is 24.2 Å². The predicted octanol–water partition coefficient (Wildman–Crippen LogP) is 2.93. The van der Waals surface area contributed by atoms with E-state index in [0.717, 1.165) is 10.3 Å². The highest BCUT2D eigenvalue weighted by Crippen LogP contribution is 2.03. The monoisotopic (exact) mass is 222 g/mol. The number of alkyl halides is 1. The number of halogens is 1. The van der Waals surface area contributed by atoms with Crippen LogP contribution >= 0.6 is 22.6 Å². The molecule has 1 heteroatoms. The Morgan fingerprint density at radius 1 is 1.75 bits per heavy atom. The molecule has 46 valence electrons. The Bertz CT molecular complexity index is 97.0. The Morgan fingerprint density at radius 3 is 2.75 bits per heavy atom. The molecule has 0 spiro atoms. The van der Waals surface area contributed by atoms with Gasteiger partial charge in [-0.3, -0.25) is 0 Å². The van der Waals surface area contributed by atoms with Gasteiger partial charge in [0.15, 0.2) is 0 Å². The highest BCUT2D eigenvalue weighted by Gasteiger charge is 1.86. The van der Waals surface area contributed by atoms with Crippen LogP contribution in [-0.2, 0) is 0 Å². The molecule has 8 heavy (non-hydrogen) atoms. The summed E-state index contributed by atoms with van der Waals surface area (Å²) < 4.78 is 0.736. The summed E-state index contributed by atoms with van der Waals surface area (Å²) >= 11 is 2.40. The third-order valence-corrected chi connectivity index (χ3v) is 1.24. The fraction of sp³-hybridized carbons (Fsp3) is 0.571. The van der Waals surface area contributed by atoms with Gasteiger partial charge >= 0.3 is 0 Å². The first-order chi connectivity index (χ1) is 3.77. The fourth-order valence-corrected chi connectivity index (χ4v) is 0.603. The molecule has 0 aliphatic carbocycles. The van der Waals surface area contributed by atoms with Gasteiger partial charge in [-0.1, -0.05) is 29.5 Å². The molecule has 0 amide bonds. The number of hydrogen-bond acceptors (Lipinski definition) is 0. The first-order valence-electron chi connectivity index (χ1n) is 2.77. The molecule has 0 heterocycles. The van der Waals surface area contributed by atoms with Crippen molar-refractivity contribution in [2.24, 2.45) is 0 Å². The third kappa shape index (κ3) is 6.25. The van der Waals surface area contributed by atoms with Crippen LogP contribution in [0.15, 0.2) is 17.9 Å². The van der Waals surface area contributed by atoms with E-state index >= 15 is 0 Å². The van der Waals surface area contributed by atoms with Crippen LogP contribution in [0.1, 0.15) is 20.3 Å². The zero-order chi connectivity index (χ0) is 6.41. The molecule has 0 aliphatic rings. The maximum absolute atomic E-state index is 3.02. The second-order valence-electron chi connectivity index (χ2n) is 1.68. The lowest BCUT2D eigenvalue weighted by molar-refractivity contribution is 1.02. The van der Waals surface area contributed by atoms with Crippen molar-refractivity contribution < 1.29 is 0 Å². The van der Waals surface area contributed by atoms with Crippen LogP contribution in [0.3, 0.4) is 0 Å². The molecule has 0 aromatic carbocycles. The minimum Gasteiger partial charge on any atom is -0.130 e. The molecular weight excluding hydrogens is 211 g/mol. The van der Waals surface area contributed by atoms with E-state index in [-0.39, 0.29) is 0 Å². The van der Waals surface area contributed by atoms with Gasteiger partial charge in [0.05, 0.1) is 0 Å². The molecule has 0 saturated heterocycles. The average Bonchev–Trinajstić information content (AvgIpc) is 1.66. The number of hydrogen-bond donors (Lipinski definition) is 0. The Kier molecular flexibility index (Phi) is 5.56. The van der Waals surface area contributed by atoms with Gasteiger partial charge in [0.2, 0.25) is 0 Å². The minimum atomic E-state index is 0.736. The van der Waals surface area contributed by atoms with Gasteiger partial charge in [-0.25, -0.2) is 0 Å². The van der Waals surface area contributed by atoms with Crippen molar-refractivity contribution in [3.05, 3.63) is 17.9 Å². The molecule has 0 fully saturated rings. The second kappa shape index (κ2) is 5.39. The SMILES string of the molecule is CC=C=CCC(C)I. The van der Waals surface area contributed by atoms with Gasteiger partial charge < -0.3 is 0 Å². The van der Waals surface area contributed by atoms with Gasteiger partial charge in [0, 0.05) is 3.92 Å². The summed E-state index contributed by atoms with van der Waals surface area (Å²) in [5, 5.41) is 0. The molecule has 0 bridgehead atoms. The summed E-state index contributed by atoms with van der Waals surface area (Å²) in [6.45, 7) is 4.17. The van der Waals surface area contributed by atoms with Crippen LogP contribution in [-0.4, -0.2) is 3.92 Å². The predicted molar refractivity (Wildman–Crippen MR) is 46.4 cm³/mol. The van der Waals surface area contributed by atoms with Crippen LogP contribution in [0.5, 0.6) is 0 Å². The minimum absolute atomic E-state index is 0.736. The molecule has 1 unspecified atom stereocenters. The van der Waals surface area contributed by atoms with Gasteiger partial charge in [-0.15, -0.1) is 5.73 Å². The molecule has 0 N–H and O–H groups in total. The maximum Gasteiger partial charge on any atom is 0.0122 e. The Hall–Kier alpha value is 0.250. The highest BCUT2D eigenvalue weighted by molar-refractivity contribution is 14.1. The van der Waals surface area contributed by atoms with Crippen molar-refractivity contribution in [3.63, 3.8) is 0 Å². The van der Waals surface area contributed by atoms with Crippen LogP contribution in [0.25, 0.3) is 0 Å². The zero-order valence-electron chi connectivity index (χ0n) is 5.32. The lowest BCUT2D eigenvalue weighted by Crippen LogP contribution is -1.82. The van der Waals surface area contributed by atoms with E-state index in [1.54, 1.807) is 0 Å². The van der Waals surface area contributed by atoms with Gasteiger partial charge in [0.1, 0.15) is 0 Å².